The van der Waals surface area contributed by atoms with Gasteiger partial charge in [0, 0.05) is 11.1 Å². The van der Waals surface area contributed by atoms with Gasteiger partial charge in [0.25, 0.3) is 0 Å². The van der Waals surface area contributed by atoms with Gasteiger partial charge in [-0.1, -0.05) is 45.0 Å². The highest BCUT2D eigenvalue weighted by atomic mass is 16.3. The van der Waals surface area contributed by atoms with Gasteiger partial charge < -0.3 is 15.3 Å². The van der Waals surface area contributed by atoms with Crippen LogP contribution in [-0.4, -0.2) is 15.3 Å². The van der Waals surface area contributed by atoms with Crippen LogP contribution in [0.2, 0.25) is 0 Å². The standard InChI is InChI=1S/C18H22O3/c1-4-11-9-7-8-10-14(11)15-16(19)12(5-2)13(6-3)17(20)18(15)21/h7-10,19-21H,4-6H2,1-3H3. The lowest BCUT2D eigenvalue weighted by molar-refractivity contribution is 0.392. The average molecular weight is 286 g/mol. The molecule has 3 nitrogen and oxygen atoms in total. The third kappa shape index (κ3) is 2.44. The summed E-state index contributed by atoms with van der Waals surface area (Å²) >= 11 is 0. The zero-order valence-electron chi connectivity index (χ0n) is 12.8. The smallest absolute Gasteiger partial charge is 0.169 e. The zero-order chi connectivity index (χ0) is 15.6. The summed E-state index contributed by atoms with van der Waals surface area (Å²) in [5.74, 6) is -0.277. The third-order valence-corrected chi connectivity index (χ3v) is 4.01. The largest absolute Gasteiger partial charge is 0.507 e. The van der Waals surface area contributed by atoms with Crippen molar-refractivity contribution in [2.45, 2.75) is 40.0 Å². The molecule has 2 aromatic rings. The molecule has 0 heterocycles. The summed E-state index contributed by atoms with van der Waals surface area (Å²) < 4.78 is 0. The first-order valence-electron chi connectivity index (χ1n) is 7.43. The van der Waals surface area contributed by atoms with E-state index in [4.69, 9.17) is 0 Å². The molecule has 0 unspecified atom stereocenters. The molecular formula is C18H22O3. The van der Waals surface area contributed by atoms with Crippen molar-refractivity contribution < 1.29 is 15.3 Å². The Balaban J connectivity index is 2.84. The van der Waals surface area contributed by atoms with Crippen molar-refractivity contribution in [1.29, 1.82) is 0 Å². The number of benzene rings is 2. The second kappa shape index (κ2) is 6.08. The molecule has 0 saturated heterocycles. The van der Waals surface area contributed by atoms with E-state index in [9.17, 15) is 15.3 Å². The van der Waals surface area contributed by atoms with Crippen LogP contribution in [0.4, 0.5) is 0 Å². The van der Waals surface area contributed by atoms with E-state index in [2.05, 4.69) is 0 Å². The fraction of sp³-hybridized carbons (Fsp3) is 0.333. The number of phenols is 3. The SMILES string of the molecule is CCc1ccccc1-c1c(O)c(O)c(CC)c(CC)c1O. The molecule has 21 heavy (non-hydrogen) atoms. The van der Waals surface area contributed by atoms with Crippen molar-refractivity contribution in [2.75, 3.05) is 0 Å². The van der Waals surface area contributed by atoms with Gasteiger partial charge in [0.05, 0.1) is 5.56 Å². The first kappa shape index (κ1) is 15.2. The van der Waals surface area contributed by atoms with Crippen LogP contribution in [0.25, 0.3) is 11.1 Å². The Kier molecular flexibility index (Phi) is 4.41. The van der Waals surface area contributed by atoms with Gasteiger partial charge in [0.1, 0.15) is 5.75 Å². The number of rotatable bonds is 4. The molecule has 3 N–H and O–H groups in total. The molecule has 0 amide bonds. The number of hydrogen-bond acceptors (Lipinski definition) is 3. The molecule has 0 atom stereocenters. The van der Waals surface area contributed by atoms with E-state index in [-0.39, 0.29) is 17.2 Å². The van der Waals surface area contributed by atoms with Gasteiger partial charge in [-0.05, 0) is 30.4 Å². The molecule has 112 valence electrons. The minimum Gasteiger partial charge on any atom is -0.507 e. The summed E-state index contributed by atoms with van der Waals surface area (Å²) in [5.41, 5.74) is 3.44. The normalized spacial score (nSPS) is 10.8. The highest BCUT2D eigenvalue weighted by Gasteiger charge is 2.23. The van der Waals surface area contributed by atoms with E-state index >= 15 is 0 Å². The summed E-state index contributed by atoms with van der Waals surface area (Å²) in [4.78, 5) is 0. The minimum atomic E-state index is -0.234. The second-order valence-electron chi connectivity index (χ2n) is 5.10. The predicted octanol–water partition coefficient (Wildman–Crippen LogP) is 4.16. The maximum atomic E-state index is 10.6. The molecule has 0 aromatic heterocycles. The molecule has 0 fully saturated rings. The molecule has 0 spiro atoms. The van der Waals surface area contributed by atoms with Crippen LogP contribution >= 0.6 is 0 Å². The molecule has 2 rings (SSSR count). The molecule has 0 saturated carbocycles. The van der Waals surface area contributed by atoms with Gasteiger partial charge in [-0.3, -0.25) is 0 Å². The first-order valence-corrected chi connectivity index (χ1v) is 7.43. The first-order chi connectivity index (χ1) is 10.1. The summed E-state index contributed by atoms with van der Waals surface area (Å²) in [5, 5.41) is 31.3. The Hall–Kier alpha value is -2.16. The van der Waals surface area contributed by atoms with Crippen LogP contribution in [0.15, 0.2) is 24.3 Å². The Morgan fingerprint density at radius 2 is 1.29 bits per heavy atom. The highest BCUT2D eigenvalue weighted by molar-refractivity contribution is 5.84. The number of hydrogen-bond donors (Lipinski definition) is 3. The van der Waals surface area contributed by atoms with Gasteiger partial charge in [-0.25, -0.2) is 0 Å². The summed E-state index contributed by atoms with van der Waals surface area (Å²) in [6.07, 6.45) is 1.95. The lowest BCUT2D eigenvalue weighted by atomic mass is 9.90. The van der Waals surface area contributed by atoms with Crippen LogP contribution in [0.5, 0.6) is 17.2 Å². The van der Waals surface area contributed by atoms with Crippen molar-refractivity contribution in [3.05, 3.63) is 41.0 Å². The van der Waals surface area contributed by atoms with Gasteiger partial charge in [0.15, 0.2) is 11.5 Å². The van der Waals surface area contributed by atoms with Crippen molar-refractivity contribution >= 4 is 0 Å². The quantitative estimate of drug-likeness (QED) is 0.584. The Morgan fingerprint density at radius 1 is 0.714 bits per heavy atom. The van der Waals surface area contributed by atoms with E-state index in [0.717, 1.165) is 17.5 Å². The van der Waals surface area contributed by atoms with Gasteiger partial charge in [0.2, 0.25) is 0 Å². The van der Waals surface area contributed by atoms with E-state index < -0.39 is 0 Å². The van der Waals surface area contributed by atoms with Crippen molar-refractivity contribution in [2.24, 2.45) is 0 Å². The summed E-state index contributed by atoms with van der Waals surface area (Å²) in [6, 6.07) is 7.62. The topological polar surface area (TPSA) is 60.7 Å². The van der Waals surface area contributed by atoms with E-state index in [0.29, 0.717) is 29.5 Å². The van der Waals surface area contributed by atoms with Gasteiger partial charge >= 0.3 is 0 Å². The van der Waals surface area contributed by atoms with Gasteiger partial charge in [-0.2, -0.15) is 0 Å². The van der Waals surface area contributed by atoms with E-state index in [1.54, 1.807) is 0 Å². The minimum absolute atomic E-state index is 0.0746. The molecule has 0 aliphatic rings. The number of aromatic hydroxyl groups is 3. The van der Waals surface area contributed by atoms with Crippen LogP contribution in [0, 0.1) is 0 Å². The molecule has 3 heteroatoms. The Labute approximate surface area is 125 Å². The third-order valence-electron chi connectivity index (χ3n) is 4.01. The van der Waals surface area contributed by atoms with E-state index in [1.807, 2.05) is 45.0 Å². The fourth-order valence-corrected chi connectivity index (χ4v) is 2.90. The molecular weight excluding hydrogens is 264 g/mol. The van der Waals surface area contributed by atoms with E-state index in [1.165, 1.54) is 0 Å². The zero-order valence-corrected chi connectivity index (χ0v) is 12.8. The van der Waals surface area contributed by atoms with Crippen molar-refractivity contribution in [3.8, 4) is 28.4 Å². The Morgan fingerprint density at radius 3 is 1.86 bits per heavy atom. The molecule has 0 bridgehead atoms. The van der Waals surface area contributed by atoms with Crippen molar-refractivity contribution in [1.82, 2.24) is 0 Å². The second-order valence-corrected chi connectivity index (χ2v) is 5.10. The monoisotopic (exact) mass is 286 g/mol. The van der Waals surface area contributed by atoms with Crippen LogP contribution in [0.1, 0.15) is 37.5 Å². The lowest BCUT2D eigenvalue weighted by Crippen LogP contribution is -1.97. The maximum Gasteiger partial charge on any atom is 0.169 e. The highest BCUT2D eigenvalue weighted by Crippen LogP contribution is 2.49. The molecule has 2 aromatic carbocycles. The van der Waals surface area contributed by atoms with Gasteiger partial charge in [-0.15, -0.1) is 0 Å². The number of aryl methyl sites for hydroxylation is 1. The molecule has 0 radical (unpaired) electrons. The lowest BCUT2D eigenvalue weighted by Gasteiger charge is -2.19. The molecule has 0 aliphatic carbocycles. The average Bonchev–Trinajstić information content (AvgIpc) is 2.51. The van der Waals surface area contributed by atoms with Crippen LogP contribution < -0.4 is 0 Å². The summed E-state index contributed by atoms with van der Waals surface area (Å²) in [6.45, 7) is 5.85. The maximum absolute atomic E-state index is 10.6. The fourth-order valence-electron chi connectivity index (χ4n) is 2.90. The van der Waals surface area contributed by atoms with Crippen LogP contribution in [0.3, 0.4) is 0 Å². The van der Waals surface area contributed by atoms with Crippen LogP contribution in [-0.2, 0) is 19.3 Å². The van der Waals surface area contributed by atoms with Crippen molar-refractivity contribution in [3.63, 3.8) is 0 Å². The predicted molar refractivity (Wildman–Crippen MR) is 85.0 cm³/mol. The number of phenolic OH excluding ortho intramolecular Hbond substituents is 3. The molecule has 0 aliphatic heterocycles. The Bertz CT molecular complexity index is 660. The summed E-state index contributed by atoms with van der Waals surface area (Å²) in [7, 11) is 0.